The van der Waals surface area contributed by atoms with Crippen molar-refractivity contribution in [3.8, 4) is 0 Å². The van der Waals surface area contributed by atoms with Crippen LogP contribution in [0.5, 0.6) is 0 Å². The molecule has 1 heterocycles. The summed E-state index contributed by atoms with van der Waals surface area (Å²) in [5.74, 6) is 0.555. The number of alkyl halides is 1. The highest BCUT2D eigenvalue weighted by molar-refractivity contribution is 7.89. The van der Waals surface area contributed by atoms with Crippen LogP contribution in [0.4, 0.5) is 4.39 Å². The minimum Gasteiger partial charge on any atom is -0.331 e. The lowest BCUT2D eigenvalue weighted by atomic mass is 10.3. The minimum atomic E-state index is -3.80. The lowest BCUT2D eigenvalue weighted by Crippen LogP contribution is -2.12. The minimum absolute atomic E-state index is 0.109. The van der Waals surface area contributed by atoms with Crippen molar-refractivity contribution < 1.29 is 12.8 Å². The summed E-state index contributed by atoms with van der Waals surface area (Å²) in [5.41, 5.74) is 0. The van der Waals surface area contributed by atoms with Crippen molar-refractivity contribution in [2.24, 2.45) is 5.14 Å². The number of hydrogen-bond acceptors (Lipinski definition) is 3. The molecule has 0 aromatic carbocycles. The summed E-state index contributed by atoms with van der Waals surface area (Å²) in [6.45, 7) is 1.49. The number of nitrogens with two attached hydrogens (primary N) is 1. The summed E-state index contributed by atoms with van der Waals surface area (Å²) < 4.78 is 35.7. The number of sulfonamides is 1. The normalized spacial score (nSPS) is 11.9. The van der Waals surface area contributed by atoms with Crippen LogP contribution in [0.25, 0.3) is 0 Å². The molecule has 0 saturated carbocycles. The highest BCUT2D eigenvalue weighted by Crippen LogP contribution is 2.09. The molecule has 0 aliphatic rings. The quantitative estimate of drug-likeness (QED) is 0.805. The van der Waals surface area contributed by atoms with Crippen LogP contribution >= 0.6 is 0 Å². The van der Waals surface area contributed by atoms with Gasteiger partial charge in [0.25, 0.3) is 10.0 Å². The van der Waals surface area contributed by atoms with Crippen LogP contribution in [0, 0.1) is 0 Å². The maximum absolute atomic E-state index is 12.2. The molecular formula is C8H14FN3O2S. The molecule has 0 amide bonds. The number of primary sulfonamides is 1. The van der Waals surface area contributed by atoms with Crippen molar-refractivity contribution in [3.05, 3.63) is 12.0 Å². The molecule has 2 N–H and O–H groups in total. The molecule has 0 saturated heterocycles. The number of halogens is 1. The molecule has 0 atom stereocenters. The largest absolute Gasteiger partial charge is 0.331 e. The fourth-order valence-electron chi connectivity index (χ4n) is 1.27. The Balaban J connectivity index is 3.09. The Morgan fingerprint density at radius 3 is 2.73 bits per heavy atom. The molecule has 0 radical (unpaired) electrons. The topological polar surface area (TPSA) is 78.0 Å². The van der Waals surface area contributed by atoms with Crippen LogP contribution in [0.2, 0.25) is 0 Å². The van der Waals surface area contributed by atoms with Crippen molar-refractivity contribution in [1.29, 1.82) is 0 Å². The van der Waals surface area contributed by atoms with E-state index < -0.39 is 16.7 Å². The Labute approximate surface area is 88.2 Å². The maximum Gasteiger partial charge on any atom is 0.257 e. The van der Waals surface area contributed by atoms with Crippen molar-refractivity contribution >= 4 is 10.0 Å². The fourth-order valence-corrected chi connectivity index (χ4v) is 1.78. The molecule has 1 aromatic heterocycles. The van der Waals surface area contributed by atoms with Gasteiger partial charge in [0.15, 0.2) is 5.03 Å². The van der Waals surface area contributed by atoms with Crippen molar-refractivity contribution in [2.75, 3.05) is 6.67 Å². The first kappa shape index (κ1) is 12.1. The SMILES string of the molecule is CCCc1nc(S(N)(=O)=O)cn1CCF. The third-order valence-corrected chi connectivity index (χ3v) is 2.71. The van der Waals surface area contributed by atoms with Crippen molar-refractivity contribution in [2.45, 2.75) is 31.3 Å². The molecule has 0 fully saturated rings. The van der Waals surface area contributed by atoms with E-state index in [1.807, 2.05) is 6.92 Å². The van der Waals surface area contributed by atoms with E-state index in [1.54, 1.807) is 0 Å². The summed E-state index contributed by atoms with van der Waals surface area (Å²) in [5, 5.41) is 4.74. The van der Waals surface area contributed by atoms with Crippen LogP contribution in [0.3, 0.4) is 0 Å². The lowest BCUT2D eigenvalue weighted by Gasteiger charge is -2.02. The highest BCUT2D eigenvalue weighted by Gasteiger charge is 2.15. The van der Waals surface area contributed by atoms with Gasteiger partial charge >= 0.3 is 0 Å². The third-order valence-electron chi connectivity index (χ3n) is 1.93. The van der Waals surface area contributed by atoms with Gasteiger partial charge in [-0.25, -0.2) is 22.9 Å². The van der Waals surface area contributed by atoms with E-state index in [9.17, 15) is 12.8 Å². The standard InChI is InChI=1S/C8H14FN3O2S/c1-2-3-7-11-8(15(10,13)14)6-12(7)5-4-9/h6H,2-5H2,1H3,(H2,10,13,14). The zero-order valence-electron chi connectivity index (χ0n) is 8.48. The second-order valence-corrected chi connectivity index (χ2v) is 4.68. The molecule has 1 aromatic rings. The smallest absolute Gasteiger partial charge is 0.257 e. The Morgan fingerprint density at radius 2 is 2.27 bits per heavy atom. The number of aryl methyl sites for hydroxylation is 2. The molecule has 0 aliphatic heterocycles. The Hall–Kier alpha value is -0.950. The molecule has 7 heteroatoms. The van der Waals surface area contributed by atoms with Crippen LogP contribution in [-0.2, 0) is 23.0 Å². The van der Waals surface area contributed by atoms with Gasteiger partial charge in [0.1, 0.15) is 12.5 Å². The van der Waals surface area contributed by atoms with Gasteiger partial charge in [0.05, 0.1) is 6.54 Å². The summed E-state index contributed by atoms with van der Waals surface area (Å²) in [7, 11) is -3.80. The molecule has 86 valence electrons. The number of nitrogens with zero attached hydrogens (tertiary/aromatic N) is 2. The Bertz CT molecular complexity index is 404. The van der Waals surface area contributed by atoms with Gasteiger partial charge in [0.2, 0.25) is 0 Å². The van der Waals surface area contributed by atoms with E-state index in [-0.39, 0.29) is 11.6 Å². The number of imidazole rings is 1. The van der Waals surface area contributed by atoms with E-state index in [4.69, 9.17) is 5.14 Å². The fraction of sp³-hybridized carbons (Fsp3) is 0.625. The summed E-state index contributed by atoms with van der Waals surface area (Å²) in [6, 6.07) is 0. The summed E-state index contributed by atoms with van der Waals surface area (Å²) >= 11 is 0. The average Bonchev–Trinajstić information content (AvgIpc) is 2.50. The van der Waals surface area contributed by atoms with E-state index in [0.717, 1.165) is 6.42 Å². The second-order valence-electron chi connectivity index (χ2n) is 3.17. The maximum atomic E-state index is 12.2. The van der Waals surface area contributed by atoms with Crippen molar-refractivity contribution in [1.82, 2.24) is 9.55 Å². The molecule has 0 spiro atoms. The number of rotatable bonds is 5. The average molecular weight is 235 g/mol. The van der Waals surface area contributed by atoms with E-state index in [2.05, 4.69) is 4.98 Å². The monoisotopic (exact) mass is 235 g/mol. The first-order valence-corrected chi connectivity index (χ1v) is 6.18. The predicted molar refractivity (Wildman–Crippen MR) is 53.6 cm³/mol. The van der Waals surface area contributed by atoms with Gasteiger partial charge in [-0.1, -0.05) is 6.92 Å². The van der Waals surface area contributed by atoms with Gasteiger partial charge < -0.3 is 4.57 Å². The number of aromatic nitrogens is 2. The van der Waals surface area contributed by atoms with Crippen LogP contribution in [0.15, 0.2) is 11.2 Å². The zero-order chi connectivity index (χ0) is 11.5. The molecule has 1 rings (SSSR count). The Kier molecular flexibility index (Phi) is 3.81. The van der Waals surface area contributed by atoms with E-state index >= 15 is 0 Å². The summed E-state index contributed by atoms with van der Waals surface area (Å²) in [6.07, 6.45) is 2.70. The van der Waals surface area contributed by atoms with Gasteiger partial charge in [-0.3, -0.25) is 0 Å². The summed E-state index contributed by atoms with van der Waals surface area (Å²) in [4.78, 5) is 3.87. The van der Waals surface area contributed by atoms with E-state index in [1.165, 1.54) is 10.8 Å². The molecule has 0 bridgehead atoms. The van der Waals surface area contributed by atoms with Gasteiger partial charge in [-0.2, -0.15) is 0 Å². The number of hydrogen-bond donors (Lipinski definition) is 1. The first-order valence-electron chi connectivity index (χ1n) is 4.64. The highest BCUT2D eigenvalue weighted by atomic mass is 32.2. The van der Waals surface area contributed by atoms with Crippen LogP contribution < -0.4 is 5.14 Å². The first-order chi connectivity index (χ1) is 6.99. The zero-order valence-corrected chi connectivity index (χ0v) is 9.30. The molecular weight excluding hydrogens is 221 g/mol. The molecule has 0 aliphatic carbocycles. The van der Waals surface area contributed by atoms with Crippen LogP contribution in [-0.4, -0.2) is 24.6 Å². The molecule has 5 nitrogen and oxygen atoms in total. The Morgan fingerprint density at radius 1 is 1.60 bits per heavy atom. The second kappa shape index (κ2) is 4.71. The third kappa shape index (κ3) is 3.00. The molecule has 15 heavy (non-hydrogen) atoms. The molecule has 0 unspecified atom stereocenters. The van der Waals surface area contributed by atoms with Gasteiger partial charge in [-0.15, -0.1) is 0 Å². The van der Waals surface area contributed by atoms with Crippen molar-refractivity contribution in [3.63, 3.8) is 0 Å². The van der Waals surface area contributed by atoms with Crippen LogP contribution in [0.1, 0.15) is 19.2 Å². The van der Waals surface area contributed by atoms with Gasteiger partial charge in [0, 0.05) is 12.6 Å². The van der Waals surface area contributed by atoms with Gasteiger partial charge in [-0.05, 0) is 6.42 Å². The predicted octanol–water partition coefficient (Wildman–Crippen LogP) is 0.453. The van der Waals surface area contributed by atoms with E-state index in [0.29, 0.717) is 12.2 Å². The lowest BCUT2D eigenvalue weighted by molar-refractivity contribution is 0.438.